The second-order valence-corrected chi connectivity index (χ2v) is 5.62. The van der Waals surface area contributed by atoms with Gasteiger partial charge in [-0.3, -0.25) is 9.59 Å². The van der Waals surface area contributed by atoms with Crippen molar-refractivity contribution in [2.24, 2.45) is 0 Å². The highest BCUT2D eigenvalue weighted by molar-refractivity contribution is 5.78. The number of carboxylic acid groups (broad SMARTS) is 1. The van der Waals surface area contributed by atoms with E-state index in [-0.39, 0.29) is 25.0 Å². The van der Waals surface area contributed by atoms with Gasteiger partial charge in [0.2, 0.25) is 0 Å². The van der Waals surface area contributed by atoms with Crippen LogP contribution in [0.25, 0.3) is 0 Å². The largest absolute Gasteiger partial charge is 0.493 e. The fourth-order valence-corrected chi connectivity index (χ4v) is 2.52. The topological polar surface area (TPSA) is 88.5 Å². The molecule has 0 saturated carbocycles. The fraction of sp³-hybridized carbons (Fsp3) is 0.529. The number of rotatable bonds is 6. The number of morpholine rings is 1. The van der Waals surface area contributed by atoms with E-state index in [4.69, 9.17) is 24.1 Å². The first-order chi connectivity index (χ1) is 12.0. The second-order valence-electron chi connectivity index (χ2n) is 5.62. The number of hydrogen-bond donors (Lipinski definition) is 1. The Morgan fingerprint density at radius 3 is 2.64 bits per heavy atom. The SMILES string of the molecule is COc1ccccc1OCC(=O)N1CCOCC1CN(C)C.O=CO. The van der Waals surface area contributed by atoms with Gasteiger partial charge in [-0.25, -0.2) is 0 Å². The molecule has 1 aliphatic heterocycles. The van der Waals surface area contributed by atoms with Gasteiger partial charge < -0.3 is 29.1 Å². The number of carbonyl (C=O) groups excluding carboxylic acids is 1. The molecule has 8 nitrogen and oxygen atoms in total. The highest BCUT2D eigenvalue weighted by Crippen LogP contribution is 2.25. The van der Waals surface area contributed by atoms with Crippen molar-refractivity contribution in [3.8, 4) is 11.5 Å². The molecule has 0 spiro atoms. The van der Waals surface area contributed by atoms with Gasteiger partial charge in [0.25, 0.3) is 12.4 Å². The number of amides is 1. The van der Waals surface area contributed by atoms with Crippen molar-refractivity contribution in [3.63, 3.8) is 0 Å². The van der Waals surface area contributed by atoms with E-state index in [1.807, 2.05) is 37.2 Å². The van der Waals surface area contributed by atoms with Crippen molar-refractivity contribution in [3.05, 3.63) is 24.3 Å². The Hall–Kier alpha value is -2.32. The van der Waals surface area contributed by atoms with Crippen molar-refractivity contribution >= 4 is 12.4 Å². The monoisotopic (exact) mass is 354 g/mol. The lowest BCUT2D eigenvalue weighted by Crippen LogP contribution is -2.53. The molecule has 140 valence electrons. The van der Waals surface area contributed by atoms with Crippen molar-refractivity contribution in [1.82, 2.24) is 9.80 Å². The highest BCUT2D eigenvalue weighted by Gasteiger charge is 2.28. The van der Waals surface area contributed by atoms with Crippen LogP contribution in [0.5, 0.6) is 11.5 Å². The molecule has 1 aromatic carbocycles. The van der Waals surface area contributed by atoms with Gasteiger partial charge in [-0.1, -0.05) is 12.1 Å². The molecule has 1 atom stereocenters. The van der Waals surface area contributed by atoms with Gasteiger partial charge in [0.15, 0.2) is 18.1 Å². The lowest BCUT2D eigenvalue weighted by atomic mass is 10.2. The van der Waals surface area contributed by atoms with E-state index in [9.17, 15) is 4.79 Å². The number of methoxy groups -OCH3 is 1. The molecule has 0 bridgehead atoms. The molecular formula is C17H26N2O6. The van der Waals surface area contributed by atoms with Gasteiger partial charge in [0, 0.05) is 13.1 Å². The third-order valence-electron chi connectivity index (χ3n) is 3.54. The molecule has 1 aromatic rings. The van der Waals surface area contributed by atoms with E-state index in [0.29, 0.717) is 31.3 Å². The summed E-state index contributed by atoms with van der Waals surface area (Å²) in [7, 11) is 5.56. The molecule has 1 saturated heterocycles. The van der Waals surface area contributed by atoms with Crippen molar-refractivity contribution in [1.29, 1.82) is 0 Å². The van der Waals surface area contributed by atoms with Gasteiger partial charge in [-0.05, 0) is 26.2 Å². The van der Waals surface area contributed by atoms with Crippen LogP contribution in [0.15, 0.2) is 24.3 Å². The Balaban J connectivity index is 0.000000970. The molecule has 25 heavy (non-hydrogen) atoms. The van der Waals surface area contributed by atoms with Gasteiger partial charge >= 0.3 is 0 Å². The fourth-order valence-electron chi connectivity index (χ4n) is 2.52. The summed E-state index contributed by atoms with van der Waals surface area (Å²) in [5.74, 6) is 1.18. The standard InChI is InChI=1S/C16H24N2O4.CH2O2/c1-17(2)10-13-11-21-9-8-18(13)16(19)12-22-15-7-5-4-6-14(15)20-3;2-1-3/h4-7,13H,8-12H2,1-3H3;1H,(H,2,3). The average Bonchev–Trinajstić information content (AvgIpc) is 2.60. The summed E-state index contributed by atoms with van der Waals surface area (Å²) in [6.45, 7) is 2.28. The summed E-state index contributed by atoms with van der Waals surface area (Å²) in [6, 6.07) is 7.39. The normalized spacial score (nSPS) is 16.6. The molecule has 0 aromatic heterocycles. The Morgan fingerprint density at radius 1 is 1.40 bits per heavy atom. The van der Waals surface area contributed by atoms with E-state index in [2.05, 4.69) is 4.90 Å². The van der Waals surface area contributed by atoms with Crippen LogP contribution < -0.4 is 9.47 Å². The van der Waals surface area contributed by atoms with Crippen LogP contribution in [0.1, 0.15) is 0 Å². The van der Waals surface area contributed by atoms with Gasteiger partial charge in [0.05, 0.1) is 26.4 Å². The van der Waals surface area contributed by atoms with E-state index >= 15 is 0 Å². The smallest absolute Gasteiger partial charge is 0.290 e. The lowest BCUT2D eigenvalue weighted by Gasteiger charge is -2.36. The van der Waals surface area contributed by atoms with Crippen LogP contribution in [0, 0.1) is 0 Å². The zero-order chi connectivity index (χ0) is 18.7. The highest BCUT2D eigenvalue weighted by atomic mass is 16.5. The number of carbonyl (C=O) groups is 2. The third kappa shape index (κ3) is 6.98. The molecule has 0 aliphatic carbocycles. The second kappa shape index (κ2) is 11.3. The number of benzene rings is 1. The number of para-hydroxylation sites is 2. The predicted molar refractivity (Wildman–Crippen MR) is 92.1 cm³/mol. The Bertz CT molecular complexity index is 538. The zero-order valence-electron chi connectivity index (χ0n) is 14.9. The molecule has 1 amide bonds. The molecule has 1 N–H and O–H groups in total. The van der Waals surface area contributed by atoms with Crippen LogP contribution in [-0.4, -0.2) is 87.4 Å². The van der Waals surface area contributed by atoms with Crippen LogP contribution in [0.4, 0.5) is 0 Å². The molecule has 2 rings (SSSR count). The summed E-state index contributed by atoms with van der Waals surface area (Å²) < 4.78 is 16.3. The molecule has 0 radical (unpaired) electrons. The summed E-state index contributed by atoms with van der Waals surface area (Å²) in [4.78, 5) is 24.7. The molecule has 1 aliphatic rings. The third-order valence-corrected chi connectivity index (χ3v) is 3.54. The number of hydrogen-bond acceptors (Lipinski definition) is 6. The van der Waals surface area contributed by atoms with Gasteiger partial charge in [-0.2, -0.15) is 0 Å². The van der Waals surface area contributed by atoms with Crippen molar-refractivity contribution in [2.75, 3.05) is 54.1 Å². The first kappa shape index (κ1) is 20.7. The summed E-state index contributed by atoms with van der Waals surface area (Å²) in [5, 5.41) is 6.89. The van der Waals surface area contributed by atoms with Crippen molar-refractivity contribution < 1.29 is 28.9 Å². The Morgan fingerprint density at radius 2 is 2.04 bits per heavy atom. The number of likely N-dealkylation sites (N-methyl/N-ethyl adjacent to an activating group) is 1. The number of ether oxygens (including phenoxy) is 3. The first-order valence-electron chi connectivity index (χ1n) is 7.89. The maximum atomic E-state index is 12.4. The minimum Gasteiger partial charge on any atom is -0.493 e. The van der Waals surface area contributed by atoms with E-state index in [1.54, 1.807) is 13.2 Å². The minimum atomic E-state index is -0.250. The lowest BCUT2D eigenvalue weighted by molar-refractivity contribution is -0.142. The summed E-state index contributed by atoms with van der Waals surface area (Å²) in [5.41, 5.74) is 0. The van der Waals surface area contributed by atoms with Crippen LogP contribution in [-0.2, 0) is 14.3 Å². The predicted octanol–water partition coefficient (Wildman–Crippen LogP) is 0.564. The molecular weight excluding hydrogens is 328 g/mol. The first-order valence-corrected chi connectivity index (χ1v) is 7.89. The van der Waals surface area contributed by atoms with E-state index < -0.39 is 0 Å². The van der Waals surface area contributed by atoms with Crippen LogP contribution >= 0.6 is 0 Å². The minimum absolute atomic E-state index is 0.00427. The summed E-state index contributed by atoms with van der Waals surface area (Å²) >= 11 is 0. The Kier molecular flexibility index (Phi) is 9.34. The maximum absolute atomic E-state index is 12.4. The summed E-state index contributed by atoms with van der Waals surface area (Å²) in [6.07, 6.45) is 0. The van der Waals surface area contributed by atoms with Crippen LogP contribution in [0.3, 0.4) is 0 Å². The quantitative estimate of drug-likeness (QED) is 0.747. The Labute approximate surface area is 147 Å². The zero-order valence-corrected chi connectivity index (χ0v) is 14.9. The van der Waals surface area contributed by atoms with Gasteiger partial charge in [0.1, 0.15) is 0 Å². The van der Waals surface area contributed by atoms with E-state index in [1.165, 1.54) is 0 Å². The molecule has 1 fully saturated rings. The average molecular weight is 354 g/mol. The molecule has 8 heteroatoms. The van der Waals surface area contributed by atoms with Crippen LogP contribution in [0.2, 0.25) is 0 Å². The molecule has 1 heterocycles. The van der Waals surface area contributed by atoms with E-state index in [0.717, 1.165) is 6.54 Å². The number of nitrogens with zero attached hydrogens (tertiary/aromatic N) is 2. The van der Waals surface area contributed by atoms with Gasteiger partial charge in [-0.15, -0.1) is 0 Å². The molecule has 1 unspecified atom stereocenters. The van der Waals surface area contributed by atoms with Crippen molar-refractivity contribution in [2.45, 2.75) is 6.04 Å². The maximum Gasteiger partial charge on any atom is 0.290 e.